The molecule has 7 heteroatoms. The molecule has 19 heavy (non-hydrogen) atoms. The van der Waals surface area contributed by atoms with Gasteiger partial charge in [-0.05, 0) is 25.2 Å². The molecule has 0 amide bonds. The van der Waals surface area contributed by atoms with Crippen molar-refractivity contribution >= 4 is 10.0 Å². The number of furan rings is 1. The lowest BCUT2D eigenvalue weighted by Gasteiger charge is -2.02. The van der Waals surface area contributed by atoms with Crippen LogP contribution in [0.4, 0.5) is 0 Å². The maximum absolute atomic E-state index is 12.1. The summed E-state index contributed by atoms with van der Waals surface area (Å²) in [4.78, 5) is 0.256. The van der Waals surface area contributed by atoms with Gasteiger partial charge in [0, 0.05) is 25.5 Å². The van der Waals surface area contributed by atoms with Crippen LogP contribution in [-0.4, -0.2) is 20.0 Å². The van der Waals surface area contributed by atoms with E-state index in [0.29, 0.717) is 12.3 Å². The van der Waals surface area contributed by atoms with Crippen molar-refractivity contribution in [2.45, 2.75) is 18.0 Å². The van der Waals surface area contributed by atoms with Gasteiger partial charge in [0.15, 0.2) is 0 Å². The Kier molecular flexibility index (Phi) is 4.08. The molecule has 0 aliphatic heterocycles. The van der Waals surface area contributed by atoms with Gasteiger partial charge in [0.2, 0.25) is 10.0 Å². The molecule has 0 aliphatic carbocycles. The van der Waals surface area contributed by atoms with Crippen LogP contribution in [-0.2, 0) is 30.2 Å². The average molecular weight is 283 g/mol. The third-order valence-corrected chi connectivity index (χ3v) is 4.14. The molecule has 0 radical (unpaired) electrons. The van der Waals surface area contributed by atoms with Crippen LogP contribution in [0.1, 0.15) is 11.5 Å². The number of rotatable bonds is 6. The summed E-state index contributed by atoms with van der Waals surface area (Å²) in [6.07, 6.45) is 3.11. The monoisotopic (exact) mass is 283 g/mol. The topological polar surface area (TPSA) is 76.3 Å². The second kappa shape index (κ2) is 5.60. The van der Waals surface area contributed by atoms with Crippen LogP contribution >= 0.6 is 0 Å². The smallest absolute Gasteiger partial charge is 0.242 e. The summed E-state index contributed by atoms with van der Waals surface area (Å²) in [6.45, 7) is 0.760. The third kappa shape index (κ3) is 3.25. The van der Waals surface area contributed by atoms with Crippen LogP contribution in [0.2, 0.25) is 0 Å². The van der Waals surface area contributed by atoms with E-state index >= 15 is 0 Å². The minimum Gasteiger partial charge on any atom is -0.468 e. The predicted molar refractivity (Wildman–Crippen MR) is 70.9 cm³/mol. The van der Waals surface area contributed by atoms with E-state index in [2.05, 4.69) is 10.0 Å². The van der Waals surface area contributed by atoms with E-state index in [1.54, 1.807) is 29.0 Å². The van der Waals surface area contributed by atoms with Gasteiger partial charge in [0.05, 0.1) is 17.7 Å². The van der Waals surface area contributed by atoms with E-state index in [0.717, 1.165) is 5.69 Å². The van der Waals surface area contributed by atoms with E-state index in [-0.39, 0.29) is 11.4 Å². The van der Waals surface area contributed by atoms with Crippen molar-refractivity contribution in [1.82, 2.24) is 14.6 Å². The zero-order valence-electron chi connectivity index (χ0n) is 10.9. The van der Waals surface area contributed by atoms with Gasteiger partial charge < -0.3 is 14.3 Å². The molecule has 0 atom stereocenters. The molecule has 0 spiro atoms. The van der Waals surface area contributed by atoms with Gasteiger partial charge in [0.25, 0.3) is 0 Å². The van der Waals surface area contributed by atoms with Crippen molar-refractivity contribution in [3.05, 3.63) is 42.1 Å². The highest BCUT2D eigenvalue weighted by Crippen LogP contribution is 2.14. The maximum atomic E-state index is 12.1. The molecule has 104 valence electrons. The van der Waals surface area contributed by atoms with Crippen molar-refractivity contribution in [3.8, 4) is 0 Å². The summed E-state index contributed by atoms with van der Waals surface area (Å²) < 4.78 is 33.6. The SMILES string of the molecule is CNCc1cc(S(=O)(=O)NCc2ccco2)cn1C. The van der Waals surface area contributed by atoms with Gasteiger partial charge in [-0.2, -0.15) is 0 Å². The lowest BCUT2D eigenvalue weighted by atomic mass is 10.4. The van der Waals surface area contributed by atoms with Gasteiger partial charge in [-0.3, -0.25) is 0 Å². The molecule has 0 saturated carbocycles. The number of nitrogens with zero attached hydrogens (tertiary/aromatic N) is 1. The summed E-state index contributed by atoms with van der Waals surface area (Å²) in [5.41, 5.74) is 0.904. The van der Waals surface area contributed by atoms with E-state index in [4.69, 9.17) is 4.42 Å². The van der Waals surface area contributed by atoms with E-state index in [9.17, 15) is 8.42 Å². The van der Waals surface area contributed by atoms with Crippen molar-refractivity contribution in [2.24, 2.45) is 7.05 Å². The lowest BCUT2D eigenvalue weighted by molar-refractivity contribution is 0.498. The molecule has 0 saturated heterocycles. The third-order valence-electron chi connectivity index (χ3n) is 2.77. The first-order valence-corrected chi connectivity index (χ1v) is 7.33. The zero-order valence-corrected chi connectivity index (χ0v) is 11.7. The van der Waals surface area contributed by atoms with E-state index in [1.165, 1.54) is 6.26 Å². The molecular formula is C12H17N3O3S. The average Bonchev–Trinajstić information content (AvgIpc) is 2.98. The van der Waals surface area contributed by atoms with Crippen LogP contribution in [0.25, 0.3) is 0 Å². The Morgan fingerprint density at radius 1 is 1.37 bits per heavy atom. The summed E-state index contributed by atoms with van der Waals surface area (Å²) in [5, 5.41) is 2.99. The second-order valence-corrected chi connectivity index (χ2v) is 5.98. The molecule has 2 N–H and O–H groups in total. The normalized spacial score (nSPS) is 11.9. The number of hydrogen-bond acceptors (Lipinski definition) is 4. The lowest BCUT2D eigenvalue weighted by Crippen LogP contribution is -2.22. The Labute approximate surface area is 112 Å². The fourth-order valence-electron chi connectivity index (χ4n) is 1.74. The second-order valence-electron chi connectivity index (χ2n) is 4.21. The minimum absolute atomic E-state index is 0.144. The minimum atomic E-state index is -3.51. The number of aryl methyl sites for hydroxylation is 1. The number of nitrogens with one attached hydrogen (secondary N) is 2. The van der Waals surface area contributed by atoms with Crippen molar-refractivity contribution in [3.63, 3.8) is 0 Å². The molecular weight excluding hydrogens is 266 g/mol. The number of hydrogen-bond donors (Lipinski definition) is 2. The number of aromatic nitrogens is 1. The maximum Gasteiger partial charge on any atom is 0.242 e. The molecule has 0 aromatic carbocycles. The highest BCUT2D eigenvalue weighted by molar-refractivity contribution is 7.89. The highest BCUT2D eigenvalue weighted by atomic mass is 32.2. The molecule has 2 aromatic rings. The molecule has 2 rings (SSSR count). The van der Waals surface area contributed by atoms with Crippen LogP contribution in [0.15, 0.2) is 40.0 Å². The van der Waals surface area contributed by atoms with Gasteiger partial charge in [-0.1, -0.05) is 0 Å². The summed E-state index contributed by atoms with van der Waals surface area (Å²) in [5.74, 6) is 0.579. The van der Waals surface area contributed by atoms with Crippen LogP contribution in [0.5, 0.6) is 0 Å². The van der Waals surface area contributed by atoms with Crippen LogP contribution < -0.4 is 10.0 Å². The van der Waals surface area contributed by atoms with Gasteiger partial charge in [-0.15, -0.1) is 0 Å². The largest absolute Gasteiger partial charge is 0.468 e. The van der Waals surface area contributed by atoms with Crippen molar-refractivity contribution in [2.75, 3.05) is 7.05 Å². The fraction of sp³-hybridized carbons (Fsp3) is 0.333. The zero-order chi connectivity index (χ0) is 13.9. The summed E-state index contributed by atoms with van der Waals surface area (Å²) in [6, 6.07) is 5.10. The fourth-order valence-corrected chi connectivity index (χ4v) is 2.83. The van der Waals surface area contributed by atoms with E-state index in [1.807, 2.05) is 14.1 Å². The van der Waals surface area contributed by atoms with Gasteiger partial charge in [0.1, 0.15) is 5.76 Å². The molecule has 6 nitrogen and oxygen atoms in total. The first-order valence-electron chi connectivity index (χ1n) is 5.85. The van der Waals surface area contributed by atoms with E-state index < -0.39 is 10.0 Å². The Balaban J connectivity index is 2.12. The first-order chi connectivity index (χ1) is 9.03. The van der Waals surface area contributed by atoms with Crippen molar-refractivity contribution in [1.29, 1.82) is 0 Å². The highest BCUT2D eigenvalue weighted by Gasteiger charge is 2.17. The van der Waals surface area contributed by atoms with Crippen molar-refractivity contribution < 1.29 is 12.8 Å². The summed E-state index contributed by atoms with van der Waals surface area (Å²) in [7, 11) is 0.119. The Morgan fingerprint density at radius 3 is 2.79 bits per heavy atom. The summed E-state index contributed by atoms with van der Waals surface area (Å²) >= 11 is 0. The Morgan fingerprint density at radius 2 is 2.16 bits per heavy atom. The van der Waals surface area contributed by atoms with Crippen LogP contribution in [0, 0.1) is 0 Å². The molecule has 0 aliphatic rings. The predicted octanol–water partition coefficient (Wildman–Crippen LogP) is 0.816. The first kappa shape index (κ1) is 13.9. The molecule has 0 fully saturated rings. The molecule has 2 aromatic heterocycles. The Hall–Kier alpha value is -1.57. The van der Waals surface area contributed by atoms with Gasteiger partial charge in [-0.25, -0.2) is 13.1 Å². The Bertz CT molecular complexity index is 629. The van der Waals surface area contributed by atoms with Crippen LogP contribution in [0.3, 0.4) is 0 Å². The number of sulfonamides is 1. The molecule has 0 unspecified atom stereocenters. The van der Waals surface area contributed by atoms with Gasteiger partial charge >= 0.3 is 0 Å². The quantitative estimate of drug-likeness (QED) is 0.823. The molecule has 0 bridgehead atoms. The standard InChI is InChI=1S/C12H17N3O3S/c1-13-7-10-6-12(9-15(10)2)19(16,17)14-8-11-4-3-5-18-11/h3-6,9,13-14H,7-8H2,1-2H3. The molecule has 2 heterocycles.